The van der Waals surface area contributed by atoms with Crippen molar-refractivity contribution in [2.45, 2.75) is 20.0 Å². The van der Waals surface area contributed by atoms with Crippen molar-refractivity contribution in [3.05, 3.63) is 41.7 Å². The minimum Gasteiger partial charge on any atom is -0.389 e. The van der Waals surface area contributed by atoms with Crippen molar-refractivity contribution in [3.63, 3.8) is 0 Å². The molecule has 0 amide bonds. The van der Waals surface area contributed by atoms with E-state index in [1.807, 2.05) is 31.2 Å². The fourth-order valence-electron chi connectivity index (χ4n) is 1.59. The lowest BCUT2D eigenvalue weighted by Crippen LogP contribution is -1.91. The maximum absolute atomic E-state index is 9.45. The molecule has 1 N–H and O–H groups in total. The van der Waals surface area contributed by atoms with Crippen molar-refractivity contribution >= 4 is 10.8 Å². The summed E-state index contributed by atoms with van der Waals surface area (Å²) >= 11 is 0. The molecule has 1 unspecified atom stereocenters. The second-order valence-electron chi connectivity index (χ2n) is 3.55. The van der Waals surface area contributed by atoms with Gasteiger partial charge in [-0.25, -0.2) is 0 Å². The van der Waals surface area contributed by atoms with E-state index in [0.29, 0.717) is 0 Å². The van der Waals surface area contributed by atoms with Crippen LogP contribution in [0.1, 0.15) is 24.3 Å². The number of hydrogen-bond acceptors (Lipinski definition) is 2. The number of aliphatic hydroxyl groups excluding tert-OH is 1. The number of aromatic nitrogens is 1. The van der Waals surface area contributed by atoms with Gasteiger partial charge in [-0.15, -0.1) is 0 Å². The molecule has 1 atom stereocenters. The van der Waals surface area contributed by atoms with Gasteiger partial charge in [0.05, 0.1) is 6.10 Å². The van der Waals surface area contributed by atoms with Crippen LogP contribution in [-0.2, 0) is 0 Å². The molecule has 2 nitrogen and oxygen atoms in total. The molecular formula is C12H13NO. The average Bonchev–Trinajstić information content (AvgIpc) is 2.18. The molecule has 1 heterocycles. The van der Waals surface area contributed by atoms with Crippen LogP contribution >= 0.6 is 0 Å². The Morgan fingerprint density at radius 1 is 1.29 bits per heavy atom. The Balaban J connectivity index is 2.70. The number of hydrogen-bond donors (Lipinski definition) is 1. The molecule has 14 heavy (non-hydrogen) atoms. The fourth-order valence-corrected chi connectivity index (χ4v) is 1.59. The third-order valence-corrected chi connectivity index (χ3v) is 2.47. The maximum atomic E-state index is 9.45. The molecule has 0 spiro atoms. The molecule has 0 saturated carbocycles. The van der Waals surface area contributed by atoms with E-state index in [1.54, 1.807) is 13.1 Å². The van der Waals surface area contributed by atoms with E-state index < -0.39 is 6.10 Å². The van der Waals surface area contributed by atoms with Gasteiger partial charge in [-0.2, -0.15) is 0 Å². The van der Waals surface area contributed by atoms with Crippen LogP contribution in [0.3, 0.4) is 0 Å². The number of nitrogens with zero attached hydrogens (tertiary/aromatic N) is 1. The Morgan fingerprint density at radius 3 is 2.79 bits per heavy atom. The third-order valence-electron chi connectivity index (χ3n) is 2.47. The van der Waals surface area contributed by atoms with Crippen molar-refractivity contribution < 1.29 is 5.11 Å². The number of aryl methyl sites for hydroxylation is 1. The van der Waals surface area contributed by atoms with Gasteiger partial charge >= 0.3 is 0 Å². The highest BCUT2D eigenvalue weighted by Gasteiger charge is 2.03. The molecular weight excluding hydrogens is 174 g/mol. The summed E-state index contributed by atoms with van der Waals surface area (Å²) in [7, 11) is 0. The molecule has 0 aliphatic rings. The lowest BCUT2D eigenvalue weighted by molar-refractivity contribution is 0.199. The van der Waals surface area contributed by atoms with E-state index >= 15 is 0 Å². The first kappa shape index (κ1) is 9.16. The molecule has 72 valence electrons. The van der Waals surface area contributed by atoms with Gasteiger partial charge in [0, 0.05) is 17.3 Å². The van der Waals surface area contributed by atoms with E-state index in [4.69, 9.17) is 0 Å². The number of benzene rings is 1. The van der Waals surface area contributed by atoms with E-state index in [-0.39, 0.29) is 0 Å². The van der Waals surface area contributed by atoms with Gasteiger partial charge < -0.3 is 5.11 Å². The maximum Gasteiger partial charge on any atom is 0.0762 e. The van der Waals surface area contributed by atoms with Crippen molar-refractivity contribution in [3.8, 4) is 0 Å². The summed E-state index contributed by atoms with van der Waals surface area (Å²) in [6.07, 6.45) is 1.39. The topological polar surface area (TPSA) is 33.1 Å². The minimum absolute atomic E-state index is 0.418. The van der Waals surface area contributed by atoms with Crippen molar-refractivity contribution in [2.24, 2.45) is 0 Å². The highest BCUT2D eigenvalue weighted by atomic mass is 16.3. The Kier molecular flexibility index (Phi) is 2.22. The Bertz CT molecular complexity index is 463. The first-order valence-electron chi connectivity index (χ1n) is 4.72. The monoisotopic (exact) mass is 187 g/mol. The van der Waals surface area contributed by atoms with E-state index in [9.17, 15) is 5.11 Å². The predicted octanol–water partition coefficient (Wildman–Crippen LogP) is 2.60. The van der Waals surface area contributed by atoms with E-state index in [1.165, 1.54) is 5.39 Å². The van der Waals surface area contributed by atoms with E-state index in [0.717, 1.165) is 16.6 Å². The summed E-state index contributed by atoms with van der Waals surface area (Å²) in [5.41, 5.74) is 1.94. The van der Waals surface area contributed by atoms with Gasteiger partial charge in [0.2, 0.25) is 0 Å². The van der Waals surface area contributed by atoms with Crippen LogP contribution in [0.25, 0.3) is 10.8 Å². The fraction of sp³-hybridized carbons (Fsp3) is 0.250. The zero-order valence-electron chi connectivity index (χ0n) is 8.36. The molecule has 2 rings (SSSR count). The SMILES string of the molecule is Cc1nccc2ccc(C(C)O)cc12. The largest absolute Gasteiger partial charge is 0.389 e. The Labute approximate surface area is 83.2 Å². The summed E-state index contributed by atoms with van der Waals surface area (Å²) < 4.78 is 0. The Hall–Kier alpha value is -1.41. The van der Waals surface area contributed by atoms with Crippen molar-refractivity contribution in [1.29, 1.82) is 0 Å². The van der Waals surface area contributed by atoms with Gasteiger partial charge in [0.15, 0.2) is 0 Å². The van der Waals surface area contributed by atoms with Gasteiger partial charge in [-0.3, -0.25) is 4.98 Å². The van der Waals surface area contributed by atoms with Gasteiger partial charge in [-0.1, -0.05) is 12.1 Å². The Morgan fingerprint density at radius 2 is 2.07 bits per heavy atom. The molecule has 1 aromatic carbocycles. The van der Waals surface area contributed by atoms with E-state index in [2.05, 4.69) is 4.98 Å². The highest BCUT2D eigenvalue weighted by Crippen LogP contribution is 2.21. The molecule has 0 fully saturated rings. The smallest absolute Gasteiger partial charge is 0.0762 e. The second-order valence-corrected chi connectivity index (χ2v) is 3.55. The quantitative estimate of drug-likeness (QED) is 0.744. The van der Waals surface area contributed by atoms with Gasteiger partial charge in [0.1, 0.15) is 0 Å². The van der Waals surface area contributed by atoms with Crippen LogP contribution < -0.4 is 0 Å². The molecule has 1 aromatic heterocycles. The van der Waals surface area contributed by atoms with Crippen LogP contribution in [0.5, 0.6) is 0 Å². The summed E-state index contributed by atoms with van der Waals surface area (Å²) in [4.78, 5) is 4.23. The average molecular weight is 187 g/mol. The molecule has 0 aliphatic carbocycles. The number of aliphatic hydroxyl groups is 1. The molecule has 0 bridgehead atoms. The molecule has 2 aromatic rings. The number of pyridine rings is 1. The van der Waals surface area contributed by atoms with Crippen LogP contribution in [0.15, 0.2) is 30.5 Å². The number of fused-ring (bicyclic) bond motifs is 1. The normalized spacial score (nSPS) is 13.1. The molecule has 0 radical (unpaired) electrons. The zero-order valence-corrected chi connectivity index (χ0v) is 8.36. The predicted molar refractivity (Wildman–Crippen MR) is 57.1 cm³/mol. The zero-order chi connectivity index (χ0) is 10.1. The summed E-state index contributed by atoms with van der Waals surface area (Å²) in [5.74, 6) is 0. The number of rotatable bonds is 1. The second kappa shape index (κ2) is 3.39. The standard InChI is InChI=1S/C12H13NO/c1-8-12-7-11(9(2)14)4-3-10(12)5-6-13-8/h3-7,9,14H,1-2H3. The van der Waals surface area contributed by atoms with Crippen molar-refractivity contribution in [2.75, 3.05) is 0 Å². The third kappa shape index (κ3) is 1.49. The van der Waals surface area contributed by atoms with Crippen molar-refractivity contribution in [1.82, 2.24) is 4.98 Å². The first-order chi connectivity index (χ1) is 6.68. The van der Waals surface area contributed by atoms with Crippen LogP contribution in [0, 0.1) is 6.92 Å². The van der Waals surface area contributed by atoms with Crippen LogP contribution in [0.4, 0.5) is 0 Å². The summed E-state index contributed by atoms with van der Waals surface area (Å²) in [5, 5.41) is 11.7. The first-order valence-corrected chi connectivity index (χ1v) is 4.72. The highest BCUT2D eigenvalue weighted by molar-refractivity contribution is 5.84. The summed E-state index contributed by atoms with van der Waals surface area (Å²) in [6.45, 7) is 3.75. The lowest BCUT2D eigenvalue weighted by Gasteiger charge is -2.07. The van der Waals surface area contributed by atoms with Gasteiger partial charge in [0.25, 0.3) is 0 Å². The van der Waals surface area contributed by atoms with Gasteiger partial charge in [-0.05, 0) is 36.9 Å². The van der Waals surface area contributed by atoms with Crippen LogP contribution in [0.2, 0.25) is 0 Å². The molecule has 0 aliphatic heterocycles. The minimum atomic E-state index is -0.418. The molecule has 2 heteroatoms. The summed E-state index contributed by atoms with van der Waals surface area (Å²) in [6, 6.07) is 7.95. The molecule has 0 saturated heterocycles. The lowest BCUT2D eigenvalue weighted by atomic mass is 10.0. The van der Waals surface area contributed by atoms with Crippen LogP contribution in [-0.4, -0.2) is 10.1 Å².